The van der Waals surface area contributed by atoms with Gasteiger partial charge in [-0.15, -0.1) is 0 Å². The number of isothiocyanates is 1. The van der Waals surface area contributed by atoms with E-state index in [0.717, 1.165) is 0 Å². The van der Waals surface area contributed by atoms with E-state index in [-0.39, 0.29) is 5.54 Å². The van der Waals surface area contributed by atoms with Gasteiger partial charge in [-0.05, 0) is 32.0 Å². The minimum absolute atomic E-state index is 0.139. The van der Waals surface area contributed by atoms with Crippen molar-refractivity contribution in [2.75, 3.05) is 0 Å². The van der Waals surface area contributed by atoms with E-state index >= 15 is 0 Å². The lowest BCUT2D eigenvalue weighted by atomic mass is 9.84. The summed E-state index contributed by atoms with van der Waals surface area (Å²) in [6.45, 7) is 2.17. The molecule has 0 N–H and O–H groups in total. The maximum atomic E-state index is 4.59. The van der Waals surface area contributed by atoms with Gasteiger partial charge in [-0.1, -0.05) is 19.3 Å². The number of thiocarbonyl (C=S) groups is 1. The van der Waals surface area contributed by atoms with Crippen LogP contribution in [0.1, 0.15) is 39.0 Å². The van der Waals surface area contributed by atoms with Crippen LogP contribution in [0.5, 0.6) is 0 Å². The van der Waals surface area contributed by atoms with E-state index in [1.807, 2.05) is 0 Å². The minimum atomic E-state index is 0.139. The zero-order valence-corrected chi connectivity index (χ0v) is 7.21. The van der Waals surface area contributed by atoms with Gasteiger partial charge < -0.3 is 0 Å². The summed E-state index contributed by atoms with van der Waals surface area (Å²) in [5.41, 5.74) is 0.139. The average Bonchev–Trinajstić information content (AvgIpc) is 1.89. The Bertz CT molecular complexity index is 153. The summed E-state index contributed by atoms with van der Waals surface area (Å²) in [5, 5.41) is 2.49. The number of nitrogens with zero attached hydrogens (tertiary/aromatic N) is 1. The smallest absolute Gasteiger partial charge is 0.0683 e. The third kappa shape index (κ3) is 1.89. The highest BCUT2D eigenvalue weighted by Gasteiger charge is 2.24. The SMILES string of the molecule is CC1(N=C=S)CCCCC1. The molecule has 0 aromatic heterocycles. The van der Waals surface area contributed by atoms with E-state index in [4.69, 9.17) is 0 Å². The molecule has 0 bridgehead atoms. The molecule has 0 spiro atoms. The summed E-state index contributed by atoms with van der Waals surface area (Å²) in [6.07, 6.45) is 6.35. The number of rotatable bonds is 1. The van der Waals surface area contributed by atoms with Crippen LogP contribution in [-0.4, -0.2) is 10.7 Å². The normalized spacial score (nSPS) is 23.3. The second kappa shape index (κ2) is 3.27. The molecule has 0 atom stereocenters. The molecule has 10 heavy (non-hydrogen) atoms. The summed E-state index contributed by atoms with van der Waals surface area (Å²) >= 11 is 4.59. The monoisotopic (exact) mass is 155 g/mol. The summed E-state index contributed by atoms with van der Waals surface area (Å²) < 4.78 is 0. The molecule has 0 saturated heterocycles. The van der Waals surface area contributed by atoms with E-state index in [0.29, 0.717) is 0 Å². The third-order valence-corrected chi connectivity index (χ3v) is 2.34. The lowest BCUT2D eigenvalue weighted by molar-refractivity contribution is 0.327. The third-order valence-electron chi connectivity index (χ3n) is 2.25. The fourth-order valence-electron chi connectivity index (χ4n) is 1.54. The van der Waals surface area contributed by atoms with Crippen molar-refractivity contribution in [3.8, 4) is 0 Å². The molecule has 0 radical (unpaired) electrons. The highest BCUT2D eigenvalue weighted by molar-refractivity contribution is 7.78. The zero-order valence-electron chi connectivity index (χ0n) is 6.39. The van der Waals surface area contributed by atoms with E-state index in [1.54, 1.807) is 0 Å². The van der Waals surface area contributed by atoms with Gasteiger partial charge in [-0.3, -0.25) is 0 Å². The lowest BCUT2D eigenvalue weighted by Gasteiger charge is -2.27. The fourth-order valence-corrected chi connectivity index (χ4v) is 1.76. The number of hydrogen-bond acceptors (Lipinski definition) is 2. The standard InChI is InChI=1S/C8H13NS/c1-8(9-7-10)5-3-2-4-6-8/h2-6H2,1H3. The number of aliphatic imine (C=N–C) groups is 1. The minimum Gasteiger partial charge on any atom is -0.226 e. The Morgan fingerprint density at radius 3 is 2.40 bits per heavy atom. The van der Waals surface area contributed by atoms with Crippen molar-refractivity contribution < 1.29 is 0 Å². The van der Waals surface area contributed by atoms with Crippen LogP contribution < -0.4 is 0 Å². The molecule has 1 nitrogen and oxygen atoms in total. The van der Waals surface area contributed by atoms with Gasteiger partial charge in [-0.25, -0.2) is 4.99 Å². The van der Waals surface area contributed by atoms with E-state index in [9.17, 15) is 0 Å². The Morgan fingerprint density at radius 2 is 1.90 bits per heavy atom. The Labute approximate surface area is 67.5 Å². The second-order valence-corrected chi connectivity index (χ2v) is 3.44. The summed E-state index contributed by atoms with van der Waals surface area (Å²) in [6, 6.07) is 0. The highest BCUT2D eigenvalue weighted by Crippen LogP contribution is 2.30. The molecule has 1 saturated carbocycles. The molecule has 0 unspecified atom stereocenters. The molecule has 0 heterocycles. The first-order valence-electron chi connectivity index (χ1n) is 3.86. The maximum Gasteiger partial charge on any atom is 0.0683 e. The Hall–Kier alpha value is -0.200. The van der Waals surface area contributed by atoms with Crippen molar-refractivity contribution in [1.29, 1.82) is 0 Å². The predicted octanol–water partition coefficient (Wildman–Crippen LogP) is 2.81. The van der Waals surface area contributed by atoms with Gasteiger partial charge in [0.1, 0.15) is 0 Å². The Balaban J connectivity index is 2.56. The van der Waals surface area contributed by atoms with Crippen LogP contribution >= 0.6 is 12.2 Å². The van der Waals surface area contributed by atoms with Gasteiger partial charge in [0.25, 0.3) is 0 Å². The average molecular weight is 155 g/mol. The van der Waals surface area contributed by atoms with E-state index < -0.39 is 0 Å². The van der Waals surface area contributed by atoms with Gasteiger partial charge in [0, 0.05) is 0 Å². The van der Waals surface area contributed by atoms with Gasteiger partial charge in [0.05, 0.1) is 10.7 Å². The van der Waals surface area contributed by atoms with Crippen LogP contribution in [0.25, 0.3) is 0 Å². The van der Waals surface area contributed by atoms with Gasteiger partial charge in [0.2, 0.25) is 0 Å². The number of hydrogen-bond donors (Lipinski definition) is 0. The zero-order chi connectivity index (χ0) is 7.45. The molecule has 1 fully saturated rings. The van der Waals surface area contributed by atoms with Crippen molar-refractivity contribution in [2.45, 2.75) is 44.6 Å². The summed E-state index contributed by atoms with van der Waals surface area (Å²) in [4.78, 5) is 4.18. The largest absolute Gasteiger partial charge is 0.226 e. The van der Waals surface area contributed by atoms with Crippen LogP contribution in [0, 0.1) is 0 Å². The van der Waals surface area contributed by atoms with Crippen molar-refractivity contribution in [1.82, 2.24) is 0 Å². The van der Waals surface area contributed by atoms with Crippen LogP contribution in [0.2, 0.25) is 0 Å². The molecule has 2 heteroatoms. The molecule has 0 aromatic rings. The fraction of sp³-hybridized carbons (Fsp3) is 0.875. The van der Waals surface area contributed by atoms with Crippen LogP contribution in [0.4, 0.5) is 0 Å². The van der Waals surface area contributed by atoms with Crippen LogP contribution in [0.3, 0.4) is 0 Å². The maximum absolute atomic E-state index is 4.59. The molecular weight excluding hydrogens is 142 g/mol. The first-order valence-corrected chi connectivity index (χ1v) is 4.27. The molecule has 1 aliphatic carbocycles. The molecule has 56 valence electrons. The second-order valence-electron chi connectivity index (χ2n) is 3.26. The van der Waals surface area contributed by atoms with Crippen molar-refractivity contribution in [3.63, 3.8) is 0 Å². The first-order chi connectivity index (χ1) is 4.77. The Morgan fingerprint density at radius 1 is 1.30 bits per heavy atom. The predicted molar refractivity (Wildman–Crippen MR) is 46.5 cm³/mol. The van der Waals surface area contributed by atoms with Gasteiger partial charge >= 0.3 is 0 Å². The van der Waals surface area contributed by atoms with Crippen LogP contribution in [0.15, 0.2) is 4.99 Å². The van der Waals surface area contributed by atoms with E-state index in [2.05, 4.69) is 29.3 Å². The first kappa shape index (κ1) is 7.90. The summed E-state index contributed by atoms with van der Waals surface area (Å²) in [7, 11) is 0. The quantitative estimate of drug-likeness (QED) is 0.419. The Kier molecular flexibility index (Phi) is 2.58. The van der Waals surface area contributed by atoms with E-state index in [1.165, 1.54) is 32.1 Å². The van der Waals surface area contributed by atoms with Gasteiger partial charge in [-0.2, -0.15) is 0 Å². The summed E-state index contributed by atoms with van der Waals surface area (Å²) in [5.74, 6) is 0. The van der Waals surface area contributed by atoms with Gasteiger partial charge in [0.15, 0.2) is 0 Å². The van der Waals surface area contributed by atoms with Crippen molar-refractivity contribution in [2.24, 2.45) is 4.99 Å². The molecule has 1 aliphatic rings. The molecular formula is C8H13NS. The van der Waals surface area contributed by atoms with Crippen molar-refractivity contribution in [3.05, 3.63) is 0 Å². The topological polar surface area (TPSA) is 12.4 Å². The molecule has 0 aromatic carbocycles. The molecule has 0 aliphatic heterocycles. The molecule has 0 amide bonds. The lowest BCUT2D eigenvalue weighted by Crippen LogP contribution is -2.24. The molecule has 1 rings (SSSR count). The van der Waals surface area contributed by atoms with Crippen LogP contribution in [-0.2, 0) is 0 Å². The van der Waals surface area contributed by atoms with Crippen molar-refractivity contribution >= 4 is 17.4 Å². The highest BCUT2D eigenvalue weighted by atomic mass is 32.1.